The average Bonchev–Trinajstić information content (AvgIpc) is 2.89. The van der Waals surface area contributed by atoms with Crippen LogP contribution in [0, 0.1) is 11.6 Å². The van der Waals surface area contributed by atoms with Gasteiger partial charge in [-0.2, -0.15) is 0 Å². The molecule has 3 rings (SSSR count). The van der Waals surface area contributed by atoms with Gasteiger partial charge in [-0.1, -0.05) is 6.07 Å². The van der Waals surface area contributed by atoms with Crippen molar-refractivity contribution >= 4 is 22.5 Å². The summed E-state index contributed by atoms with van der Waals surface area (Å²) in [5.74, 6) is -2.51. The molecule has 0 bridgehead atoms. The summed E-state index contributed by atoms with van der Waals surface area (Å²) in [6, 6.07) is 10.3. The zero-order chi connectivity index (χ0) is 14.1. The van der Waals surface area contributed by atoms with E-state index in [1.807, 2.05) is 12.1 Å². The predicted molar refractivity (Wildman–Crippen MR) is 72.6 cm³/mol. The molecule has 1 heterocycles. The number of rotatable bonds is 2. The molecular weight excluding hydrogens is 262 g/mol. The summed E-state index contributed by atoms with van der Waals surface area (Å²) < 4.78 is 25.9. The van der Waals surface area contributed by atoms with Crippen molar-refractivity contribution in [3.05, 3.63) is 65.9 Å². The monoisotopic (exact) mass is 272 g/mol. The Bertz CT molecular complexity index is 795. The molecule has 0 aliphatic heterocycles. The zero-order valence-corrected chi connectivity index (χ0v) is 10.3. The Hall–Kier alpha value is -2.69. The number of aromatic amines is 1. The topological polar surface area (TPSA) is 44.9 Å². The summed E-state index contributed by atoms with van der Waals surface area (Å²) in [6.45, 7) is 0. The van der Waals surface area contributed by atoms with E-state index in [1.54, 1.807) is 18.3 Å². The first-order valence-corrected chi connectivity index (χ1v) is 5.97. The maximum absolute atomic E-state index is 13.1. The van der Waals surface area contributed by atoms with Crippen LogP contribution in [-0.2, 0) is 0 Å². The summed E-state index contributed by atoms with van der Waals surface area (Å²) in [6.07, 6.45) is 1.80. The highest BCUT2D eigenvalue weighted by Gasteiger charge is 2.10. The van der Waals surface area contributed by atoms with Crippen molar-refractivity contribution in [1.82, 2.24) is 4.98 Å². The van der Waals surface area contributed by atoms with Gasteiger partial charge in [0, 0.05) is 23.0 Å². The first-order valence-electron chi connectivity index (χ1n) is 5.97. The van der Waals surface area contributed by atoms with Gasteiger partial charge in [0.1, 0.15) is 0 Å². The lowest BCUT2D eigenvalue weighted by Crippen LogP contribution is -2.12. The summed E-state index contributed by atoms with van der Waals surface area (Å²) in [4.78, 5) is 15.0. The first-order chi connectivity index (χ1) is 9.63. The molecule has 3 aromatic rings. The lowest BCUT2D eigenvalue weighted by molar-refractivity contribution is 0.102. The van der Waals surface area contributed by atoms with Gasteiger partial charge in [-0.05, 0) is 41.8 Å². The third-order valence-electron chi connectivity index (χ3n) is 2.99. The van der Waals surface area contributed by atoms with E-state index in [1.165, 1.54) is 6.07 Å². The number of hydrogen-bond acceptors (Lipinski definition) is 1. The van der Waals surface area contributed by atoms with Crippen molar-refractivity contribution in [3.63, 3.8) is 0 Å². The largest absolute Gasteiger partial charge is 0.361 e. The number of fused-ring (bicyclic) bond motifs is 1. The van der Waals surface area contributed by atoms with E-state index in [4.69, 9.17) is 0 Å². The molecule has 0 aliphatic rings. The molecule has 0 unspecified atom stereocenters. The molecule has 0 saturated carbocycles. The average molecular weight is 272 g/mol. The standard InChI is InChI=1S/C15H10F2N2O/c16-12-4-2-10(7-13(12)17)15(20)19-11-3-1-9-5-6-18-14(9)8-11/h1-8,18H,(H,19,20). The number of carbonyl (C=O) groups excluding carboxylic acids is 1. The van der Waals surface area contributed by atoms with Gasteiger partial charge in [0.25, 0.3) is 5.91 Å². The maximum atomic E-state index is 13.1. The van der Waals surface area contributed by atoms with E-state index >= 15 is 0 Å². The van der Waals surface area contributed by atoms with E-state index < -0.39 is 17.5 Å². The number of hydrogen-bond donors (Lipinski definition) is 2. The van der Waals surface area contributed by atoms with Crippen LogP contribution in [0.2, 0.25) is 0 Å². The van der Waals surface area contributed by atoms with Gasteiger partial charge in [-0.25, -0.2) is 8.78 Å². The van der Waals surface area contributed by atoms with Crippen molar-refractivity contribution in [1.29, 1.82) is 0 Å². The van der Waals surface area contributed by atoms with Crippen molar-refractivity contribution < 1.29 is 13.6 Å². The highest BCUT2D eigenvalue weighted by Crippen LogP contribution is 2.18. The van der Waals surface area contributed by atoms with Crippen LogP contribution in [-0.4, -0.2) is 10.9 Å². The molecule has 0 radical (unpaired) electrons. The number of benzene rings is 2. The van der Waals surface area contributed by atoms with Gasteiger partial charge in [0.05, 0.1) is 0 Å². The molecule has 2 aromatic carbocycles. The minimum Gasteiger partial charge on any atom is -0.361 e. The fourth-order valence-corrected chi connectivity index (χ4v) is 1.97. The normalized spacial score (nSPS) is 10.7. The summed E-state index contributed by atoms with van der Waals surface area (Å²) in [5.41, 5.74) is 1.53. The van der Waals surface area contributed by atoms with Gasteiger partial charge in [-0.3, -0.25) is 4.79 Å². The lowest BCUT2D eigenvalue weighted by atomic mass is 10.2. The number of carbonyl (C=O) groups is 1. The van der Waals surface area contributed by atoms with Crippen molar-refractivity contribution in [3.8, 4) is 0 Å². The van der Waals surface area contributed by atoms with E-state index in [0.29, 0.717) is 5.69 Å². The SMILES string of the molecule is O=C(Nc1ccc2cc[nH]c2c1)c1ccc(F)c(F)c1. The van der Waals surface area contributed by atoms with Crippen LogP contribution in [0.25, 0.3) is 10.9 Å². The van der Waals surface area contributed by atoms with Gasteiger partial charge in [0.15, 0.2) is 11.6 Å². The molecule has 20 heavy (non-hydrogen) atoms. The molecule has 0 saturated heterocycles. The Morgan fingerprint density at radius 1 is 1.00 bits per heavy atom. The fourth-order valence-electron chi connectivity index (χ4n) is 1.97. The summed E-state index contributed by atoms with van der Waals surface area (Å²) in [7, 11) is 0. The van der Waals surface area contributed by atoms with E-state index in [2.05, 4.69) is 10.3 Å². The first kappa shape index (κ1) is 12.3. The molecular formula is C15H10F2N2O. The maximum Gasteiger partial charge on any atom is 0.255 e. The molecule has 100 valence electrons. The number of H-pyrrole nitrogens is 1. The van der Waals surface area contributed by atoms with Gasteiger partial charge in [-0.15, -0.1) is 0 Å². The number of aromatic nitrogens is 1. The van der Waals surface area contributed by atoms with Crippen LogP contribution in [0.3, 0.4) is 0 Å². The highest BCUT2D eigenvalue weighted by molar-refractivity contribution is 6.05. The smallest absolute Gasteiger partial charge is 0.255 e. The Kier molecular flexibility index (Phi) is 2.95. The molecule has 0 atom stereocenters. The number of halogens is 2. The van der Waals surface area contributed by atoms with Gasteiger partial charge < -0.3 is 10.3 Å². The van der Waals surface area contributed by atoms with Crippen molar-refractivity contribution in [2.75, 3.05) is 5.32 Å². The number of amides is 1. The molecule has 3 nitrogen and oxygen atoms in total. The molecule has 1 amide bonds. The lowest BCUT2D eigenvalue weighted by Gasteiger charge is -2.06. The van der Waals surface area contributed by atoms with Gasteiger partial charge in [0.2, 0.25) is 0 Å². The highest BCUT2D eigenvalue weighted by atomic mass is 19.2. The Labute approximate surface area is 113 Å². The van der Waals surface area contributed by atoms with Crippen LogP contribution in [0.1, 0.15) is 10.4 Å². The van der Waals surface area contributed by atoms with Crippen LogP contribution in [0.5, 0.6) is 0 Å². The summed E-state index contributed by atoms with van der Waals surface area (Å²) >= 11 is 0. The van der Waals surface area contributed by atoms with Crippen molar-refractivity contribution in [2.24, 2.45) is 0 Å². The number of anilines is 1. The minimum atomic E-state index is -1.04. The second-order valence-electron chi connectivity index (χ2n) is 4.36. The van der Waals surface area contributed by atoms with E-state index in [9.17, 15) is 13.6 Å². The molecule has 0 aliphatic carbocycles. The van der Waals surface area contributed by atoms with Crippen LogP contribution >= 0.6 is 0 Å². The molecule has 2 N–H and O–H groups in total. The van der Waals surface area contributed by atoms with E-state index in [-0.39, 0.29) is 5.56 Å². The second kappa shape index (κ2) is 4.77. The third-order valence-corrected chi connectivity index (χ3v) is 2.99. The van der Waals surface area contributed by atoms with Crippen molar-refractivity contribution in [2.45, 2.75) is 0 Å². The van der Waals surface area contributed by atoms with E-state index in [0.717, 1.165) is 23.0 Å². The van der Waals surface area contributed by atoms with Crippen LogP contribution < -0.4 is 5.32 Å². The fraction of sp³-hybridized carbons (Fsp3) is 0. The molecule has 0 spiro atoms. The molecule has 1 aromatic heterocycles. The Morgan fingerprint density at radius 3 is 2.65 bits per heavy atom. The minimum absolute atomic E-state index is 0.0653. The second-order valence-corrected chi connectivity index (χ2v) is 4.36. The number of nitrogens with one attached hydrogen (secondary N) is 2. The van der Waals surface area contributed by atoms with Crippen LogP contribution in [0.15, 0.2) is 48.7 Å². The zero-order valence-electron chi connectivity index (χ0n) is 10.3. The molecule has 0 fully saturated rings. The quantitative estimate of drug-likeness (QED) is 0.734. The molecule has 5 heteroatoms. The Balaban J connectivity index is 1.85. The third kappa shape index (κ3) is 2.25. The predicted octanol–water partition coefficient (Wildman–Crippen LogP) is 3.70. The van der Waals surface area contributed by atoms with Gasteiger partial charge >= 0.3 is 0 Å². The summed E-state index contributed by atoms with van der Waals surface area (Å²) in [5, 5.41) is 3.66. The van der Waals surface area contributed by atoms with Crippen LogP contribution in [0.4, 0.5) is 14.5 Å². The Morgan fingerprint density at radius 2 is 1.85 bits per heavy atom.